The smallest absolute Gasteiger partial charge is 0.276 e. The highest BCUT2D eigenvalue weighted by Gasteiger charge is 2.25. The van der Waals surface area contributed by atoms with Gasteiger partial charge in [0.05, 0.1) is 19.3 Å². The maximum atomic E-state index is 12.5. The number of hydrogen-bond donors (Lipinski definition) is 0. The first kappa shape index (κ1) is 21.3. The summed E-state index contributed by atoms with van der Waals surface area (Å²) in [4.78, 5) is 16.8. The quantitative estimate of drug-likeness (QED) is 0.715. The molecule has 0 N–H and O–H groups in total. The number of piperidine rings is 1. The molecule has 2 heterocycles. The predicted octanol–water partition coefficient (Wildman–Crippen LogP) is 3.22. The number of carbonyl (C=O) groups excluding carboxylic acids is 1. The van der Waals surface area contributed by atoms with Crippen LogP contribution < -0.4 is 4.74 Å². The summed E-state index contributed by atoms with van der Waals surface area (Å²) in [6.45, 7) is 12.5. The molecule has 0 radical (unpaired) electrons. The van der Waals surface area contributed by atoms with Crippen LogP contribution in [0, 0.1) is 13.8 Å². The van der Waals surface area contributed by atoms with E-state index in [9.17, 15) is 4.79 Å². The van der Waals surface area contributed by atoms with Gasteiger partial charge >= 0.3 is 0 Å². The van der Waals surface area contributed by atoms with Crippen molar-refractivity contribution < 1.29 is 9.53 Å². The number of aromatic nitrogens is 3. The fourth-order valence-electron chi connectivity index (χ4n) is 4.10. The van der Waals surface area contributed by atoms with E-state index in [1.54, 1.807) is 12.0 Å². The second-order valence-corrected chi connectivity index (χ2v) is 7.77. The average molecular weight is 400 g/mol. The largest absolute Gasteiger partial charge is 0.496 e. The number of benzene rings is 1. The van der Waals surface area contributed by atoms with Gasteiger partial charge in [0.25, 0.3) is 5.91 Å². The lowest BCUT2D eigenvalue weighted by Crippen LogP contribution is -2.36. The Morgan fingerprint density at radius 1 is 1.24 bits per heavy atom. The van der Waals surface area contributed by atoms with Crippen molar-refractivity contribution in [2.24, 2.45) is 0 Å². The first-order chi connectivity index (χ1) is 14.0. The Morgan fingerprint density at radius 3 is 2.69 bits per heavy atom. The highest BCUT2D eigenvalue weighted by atomic mass is 16.5. The predicted molar refractivity (Wildman–Crippen MR) is 113 cm³/mol. The zero-order valence-corrected chi connectivity index (χ0v) is 18.3. The number of nitrogens with zero attached hydrogens (tertiary/aromatic N) is 5. The minimum absolute atomic E-state index is 0.0433. The molecule has 29 heavy (non-hydrogen) atoms. The topological polar surface area (TPSA) is 63.5 Å². The molecule has 1 aliphatic rings. The summed E-state index contributed by atoms with van der Waals surface area (Å²) in [5.41, 5.74) is 4.26. The Labute approximate surface area is 173 Å². The number of amides is 1. The van der Waals surface area contributed by atoms with Crippen LogP contribution >= 0.6 is 0 Å². The van der Waals surface area contributed by atoms with Crippen molar-refractivity contribution in [3.63, 3.8) is 0 Å². The van der Waals surface area contributed by atoms with Crippen LogP contribution in [0.2, 0.25) is 0 Å². The molecule has 1 amide bonds. The normalized spacial score (nSPS) is 17.3. The van der Waals surface area contributed by atoms with Crippen LogP contribution in [0.15, 0.2) is 18.3 Å². The number of methoxy groups -OCH3 is 1. The van der Waals surface area contributed by atoms with Crippen LogP contribution in [0.25, 0.3) is 0 Å². The van der Waals surface area contributed by atoms with Crippen molar-refractivity contribution in [2.45, 2.75) is 53.1 Å². The van der Waals surface area contributed by atoms with Gasteiger partial charge in [-0.3, -0.25) is 9.69 Å². The standard InChI is InChI=1S/C22H33N5O2/c1-6-26(7-2)22(28)20-15-27(24-23-20)19-9-8-12-25(14-19)13-18-10-11-21(29-5)17(4)16(18)3/h10-11,15,19H,6-9,12-14H2,1-5H3. The van der Waals surface area contributed by atoms with Crippen molar-refractivity contribution >= 4 is 5.91 Å². The Hall–Kier alpha value is -2.41. The Bertz CT molecular complexity index is 844. The Morgan fingerprint density at radius 2 is 2.00 bits per heavy atom. The van der Waals surface area contributed by atoms with Crippen molar-refractivity contribution in [3.05, 3.63) is 40.7 Å². The third-order valence-electron chi connectivity index (χ3n) is 6.10. The average Bonchev–Trinajstić information content (AvgIpc) is 3.23. The summed E-state index contributed by atoms with van der Waals surface area (Å²) >= 11 is 0. The van der Waals surface area contributed by atoms with E-state index in [1.165, 1.54) is 16.7 Å². The second kappa shape index (κ2) is 9.39. The van der Waals surface area contributed by atoms with Crippen LogP contribution in [0.5, 0.6) is 5.75 Å². The summed E-state index contributed by atoms with van der Waals surface area (Å²) in [7, 11) is 1.72. The summed E-state index contributed by atoms with van der Waals surface area (Å²) in [6.07, 6.45) is 3.98. The zero-order valence-electron chi connectivity index (χ0n) is 18.3. The molecular weight excluding hydrogens is 366 g/mol. The molecule has 1 aromatic heterocycles. The maximum Gasteiger partial charge on any atom is 0.276 e. The number of likely N-dealkylation sites (tertiary alicyclic amines) is 1. The second-order valence-electron chi connectivity index (χ2n) is 7.77. The monoisotopic (exact) mass is 399 g/mol. The van der Waals surface area contributed by atoms with Crippen molar-refractivity contribution in [3.8, 4) is 5.75 Å². The summed E-state index contributed by atoms with van der Waals surface area (Å²) in [5.74, 6) is 0.897. The summed E-state index contributed by atoms with van der Waals surface area (Å²) in [6, 6.07) is 4.47. The van der Waals surface area contributed by atoms with Crippen LogP contribution in [0.1, 0.15) is 59.9 Å². The minimum atomic E-state index is -0.0433. The lowest BCUT2D eigenvalue weighted by Gasteiger charge is -2.33. The van der Waals surface area contributed by atoms with Gasteiger partial charge in [0.2, 0.25) is 0 Å². The molecule has 158 valence electrons. The van der Waals surface area contributed by atoms with E-state index in [0.29, 0.717) is 18.8 Å². The van der Waals surface area contributed by atoms with Gasteiger partial charge < -0.3 is 9.64 Å². The van der Waals surface area contributed by atoms with Crippen molar-refractivity contribution in [1.29, 1.82) is 0 Å². The molecule has 1 aliphatic heterocycles. The fourth-order valence-corrected chi connectivity index (χ4v) is 4.10. The highest BCUT2D eigenvalue weighted by Crippen LogP contribution is 2.27. The van der Waals surface area contributed by atoms with E-state index in [2.05, 4.69) is 41.2 Å². The molecule has 0 saturated carbocycles. The molecule has 2 aromatic rings. The Kier molecular flexibility index (Phi) is 6.90. The number of ether oxygens (including phenoxy) is 1. The maximum absolute atomic E-state index is 12.5. The lowest BCUT2D eigenvalue weighted by atomic mass is 10.00. The lowest BCUT2D eigenvalue weighted by molar-refractivity contribution is 0.0767. The minimum Gasteiger partial charge on any atom is -0.496 e. The van der Waals surface area contributed by atoms with E-state index in [4.69, 9.17) is 4.74 Å². The molecular formula is C22H33N5O2. The first-order valence-electron chi connectivity index (χ1n) is 10.5. The number of hydrogen-bond acceptors (Lipinski definition) is 5. The first-order valence-corrected chi connectivity index (χ1v) is 10.5. The fraction of sp³-hybridized carbons (Fsp3) is 0.591. The van der Waals surface area contributed by atoms with Gasteiger partial charge in [-0.1, -0.05) is 11.3 Å². The van der Waals surface area contributed by atoms with Crippen LogP contribution in [-0.2, 0) is 6.54 Å². The molecule has 0 spiro atoms. The molecule has 1 atom stereocenters. The molecule has 0 aliphatic carbocycles. The van der Waals surface area contributed by atoms with Crippen LogP contribution in [0.3, 0.4) is 0 Å². The van der Waals surface area contributed by atoms with E-state index in [0.717, 1.165) is 38.2 Å². The van der Waals surface area contributed by atoms with Gasteiger partial charge in [0, 0.05) is 26.2 Å². The molecule has 1 unspecified atom stereocenters. The van der Waals surface area contributed by atoms with Crippen molar-refractivity contribution in [1.82, 2.24) is 24.8 Å². The van der Waals surface area contributed by atoms with Gasteiger partial charge in [-0.25, -0.2) is 4.68 Å². The van der Waals surface area contributed by atoms with E-state index in [1.807, 2.05) is 24.7 Å². The van der Waals surface area contributed by atoms with Crippen LogP contribution in [0.4, 0.5) is 0 Å². The SMILES string of the molecule is CCN(CC)C(=O)c1cn(C2CCCN(Cc3ccc(OC)c(C)c3C)C2)nn1. The van der Waals surface area contributed by atoms with E-state index in [-0.39, 0.29) is 11.9 Å². The molecule has 7 nitrogen and oxygen atoms in total. The molecule has 1 aromatic carbocycles. The van der Waals surface area contributed by atoms with Gasteiger partial charge in [-0.15, -0.1) is 5.10 Å². The molecule has 1 saturated heterocycles. The van der Waals surface area contributed by atoms with E-state index >= 15 is 0 Å². The zero-order chi connectivity index (χ0) is 21.0. The third-order valence-corrected chi connectivity index (χ3v) is 6.10. The molecule has 0 bridgehead atoms. The molecule has 3 rings (SSSR count). The Balaban J connectivity index is 1.69. The van der Waals surface area contributed by atoms with Gasteiger partial charge in [0.1, 0.15) is 5.75 Å². The van der Waals surface area contributed by atoms with Gasteiger partial charge in [0.15, 0.2) is 5.69 Å². The van der Waals surface area contributed by atoms with E-state index < -0.39 is 0 Å². The van der Waals surface area contributed by atoms with Crippen molar-refractivity contribution in [2.75, 3.05) is 33.3 Å². The third kappa shape index (κ3) is 4.61. The summed E-state index contributed by atoms with van der Waals surface area (Å²) in [5, 5.41) is 8.44. The number of carbonyl (C=O) groups is 1. The van der Waals surface area contributed by atoms with Gasteiger partial charge in [-0.2, -0.15) is 0 Å². The highest BCUT2D eigenvalue weighted by molar-refractivity contribution is 5.91. The van der Waals surface area contributed by atoms with Crippen LogP contribution in [-0.4, -0.2) is 64.0 Å². The summed E-state index contributed by atoms with van der Waals surface area (Å²) < 4.78 is 7.32. The molecule has 7 heteroatoms. The molecule has 1 fully saturated rings. The van der Waals surface area contributed by atoms with Gasteiger partial charge in [-0.05, 0) is 69.8 Å². The number of rotatable bonds is 7.